The van der Waals surface area contributed by atoms with E-state index < -0.39 is 0 Å². The first-order chi connectivity index (χ1) is 0. The molecule has 0 fully saturated rings. The first kappa shape index (κ1) is 179. The van der Waals surface area contributed by atoms with Crippen molar-refractivity contribution in [3.05, 3.63) is 0 Å². The summed E-state index contributed by atoms with van der Waals surface area (Å²) in [5.74, 6) is 0. The molecule has 0 saturated heterocycles. The van der Waals surface area contributed by atoms with Gasteiger partial charge >= 0.3 is 44.8 Å². The molecule has 0 aromatic heterocycles. The predicted molar refractivity (Wildman–Crippen MR) is 3.43 cm³/mol. The fourth-order valence-corrected chi connectivity index (χ4v) is 0. The summed E-state index contributed by atoms with van der Waals surface area (Å²) in [6, 6.07) is 0. The van der Waals surface area contributed by atoms with E-state index in [4.69, 9.17) is 0 Å². The van der Waals surface area contributed by atoms with E-state index in [1.807, 2.05) is 0 Å². The second-order valence-corrected chi connectivity index (χ2v) is 0. The third-order valence-electron chi connectivity index (χ3n) is 0. The van der Waals surface area contributed by atoms with Crippen molar-refractivity contribution in [2.75, 3.05) is 0 Å². The topological polar surface area (TPSA) is 142 Å². The molecule has 0 N–H and O–H groups in total. The van der Waals surface area contributed by atoms with Crippen LogP contribution in [-0.2, 0) is 117 Å². The Balaban J connectivity index is 0. The zero-order valence-corrected chi connectivity index (χ0v) is 12.6. The summed E-state index contributed by atoms with van der Waals surface area (Å²) < 4.78 is 0. The predicted octanol–water partition coefficient (Wildman–Crippen LogP) is -0.604. The molecular formula is Nb4O5. The molecule has 50 valence electrons. The SMILES string of the molecule is [Nb+5].[Nb+5].[Nb].[Nb].[O-2].[O-2].[O-2].[O-2].[O-2]. The minimum absolute atomic E-state index is 0. The van der Waals surface area contributed by atoms with Crippen molar-refractivity contribution in [3.8, 4) is 0 Å². The second kappa shape index (κ2) is 134. The Bertz CT molecular complexity index is 8.92. The summed E-state index contributed by atoms with van der Waals surface area (Å²) in [4.78, 5) is 0. The van der Waals surface area contributed by atoms with Gasteiger partial charge in [0.2, 0.25) is 0 Å². The van der Waals surface area contributed by atoms with Gasteiger partial charge in [-0.3, -0.25) is 0 Å². The van der Waals surface area contributed by atoms with Crippen LogP contribution in [0, 0.1) is 0 Å². The van der Waals surface area contributed by atoms with Gasteiger partial charge in [-0.05, 0) is 0 Å². The summed E-state index contributed by atoms with van der Waals surface area (Å²) >= 11 is 0. The fourth-order valence-electron chi connectivity index (χ4n) is 0. The third-order valence-corrected chi connectivity index (χ3v) is 0. The first-order valence-corrected chi connectivity index (χ1v) is 0. The summed E-state index contributed by atoms with van der Waals surface area (Å²) in [6.07, 6.45) is 0. The van der Waals surface area contributed by atoms with Crippen molar-refractivity contribution in [1.82, 2.24) is 0 Å². The molecule has 0 heterocycles. The largest absolute Gasteiger partial charge is 5.00 e. The Hall–Kier alpha value is 2.76. The van der Waals surface area contributed by atoms with Gasteiger partial charge < -0.3 is 27.4 Å². The van der Waals surface area contributed by atoms with E-state index in [1.165, 1.54) is 0 Å². The monoisotopic (exact) mass is 452 g/mol. The third kappa shape index (κ3) is 108. The molecule has 0 saturated carbocycles. The molecule has 0 aliphatic rings. The van der Waals surface area contributed by atoms with Crippen LogP contribution in [0.3, 0.4) is 0 Å². The van der Waals surface area contributed by atoms with E-state index in [0.717, 1.165) is 0 Å². The molecule has 0 rings (SSSR count). The zero-order chi connectivity index (χ0) is 0. The van der Waals surface area contributed by atoms with E-state index in [1.54, 1.807) is 0 Å². The van der Waals surface area contributed by atoms with E-state index in [-0.39, 0.29) is 117 Å². The van der Waals surface area contributed by atoms with Crippen LogP contribution in [-0.4, -0.2) is 0 Å². The van der Waals surface area contributed by atoms with Crippen LogP contribution in [0.2, 0.25) is 0 Å². The molecule has 5 nitrogen and oxygen atoms in total. The van der Waals surface area contributed by atoms with Crippen molar-refractivity contribution in [1.29, 1.82) is 0 Å². The maximum atomic E-state index is 0. The van der Waals surface area contributed by atoms with Crippen LogP contribution in [0.25, 0.3) is 0 Å². The molecule has 9 heteroatoms. The number of rotatable bonds is 0. The average molecular weight is 452 g/mol. The van der Waals surface area contributed by atoms with Crippen molar-refractivity contribution < 1.29 is 117 Å². The quantitative estimate of drug-likeness (QED) is 0.433. The van der Waals surface area contributed by atoms with Gasteiger partial charge in [0, 0.05) is 44.8 Å². The van der Waals surface area contributed by atoms with E-state index in [0.29, 0.717) is 0 Å². The van der Waals surface area contributed by atoms with Gasteiger partial charge in [0.1, 0.15) is 0 Å². The molecule has 0 aromatic rings. The average Bonchev–Trinajstić information content (AvgIpc) is 0. The number of hydrogen-bond donors (Lipinski definition) is 0. The van der Waals surface area contributed by atoms with Gasteiger partial charge in [0.05, 0.1) is 0 Å². The second-order valence-electron chi connectivity index (χ2n) is 0. The minimum atomic E-state index is 0. The molecule has 0 aromatic carbocycles. The minimum Gasteiger partial charge on any atom is -2.00 e. The van der Waals surface area contributed by atoms with Crippen molar-refractivity contribution in [2.45, 2.75) is 0 Å². The van der Waals surface area contributed by atoms with Gasteiger partial charge in [0.25, 0.3) is 0 Å². The fraction of sp³-hybridized carbons (Fsp3) is 0. The molecule has 0 aliphatic carbocycles. The Morgan fingerprint density at radius 1 is 0.333 bits per heavy atom. The Kier molecular flexibility index (Phi) is 2670. The molecule has 0 bridgehead atoms. The standard InChI is InChI=1S/4Nb.5O/q;;2*+5;5*-2. The van der Waals surface area contributed by atoms with Crippen molar-refractivity contribution in [3.63, 3.8) is 0 Å². The van der Waals surface area contributed by atoms with E-state index >= 15 is 0 Å². The Morgan fingerprint density at radius 2 is 0.333 bits per heavy atom. The molecule has 0 spiro atoms. The van der Waals surface area contributed by atoms with Crippen LogP contribution in [0.5, 0.6) is 0 Å². The Morgan fingerprint density at radius 3 is 0.333 bits per heavy atom. The van der Waals surface area contributed by atoms with E-state index in [2.05, 4.69) is 0 Å². The summed E-state index contributed by atoms with van der Waals surface area (Å²) in [6.45, 7) is 0. The summed E-state index contributed by atoms with van der Waals surface area (Å²) in [7, 11) is 0. The van der Waals surface area contributed by atoms with Gasteiger partial charge in [-0.15, -0.1) is 0 Å². The van der Waals surface area contributed by atoms with Crippen LogP contribution in [0.4, 0.5) is 0 Å². The smallest absolute Gasteiger partial charge is 2.00 e. The number of hydrogen-bond acceptors (Lipinski definition) is 0. The summed E-state index contributed by atoms with van der Waals surface area (Å²) in [5, 5.41) is 0. The van der Waals surface area contributed by atoms with Gasteiger partial charge in [-0.25, -0.2) is 0 Å². The zero-order valence-electron chi connectivity index (χ0n) is 3.83. The molecule has 0 atom stereocenters. The normalized spacial score (nSPS) is 0. The molecule has 2 radical (unpaired) electrons. The summed E-state index contributed by atoms with van der Waals surface area (Å²) in [5.41, 5.74) is 0. The molecule has 0 amide bonds. The first-order valence-electron chi connectivity index (χ1n) is 0. The maximum Gasteiger partial charge on any atom is 5.00 e. The van der Waals surface area contributed by atoms with Gasteiger partial charge in [0.15, 0.2) is 0 Å². The molecule has 0 aliphatic heterocycles. The van der Waals surface area contributed by atoms with Crippen LogP contribution < -0.4 is 0 Å². The molecule has 0 unspecified atom stereocenters. The van der Waals surface area contributed by atoms with Crippen LogP contribution in [0.1, 0.15) is 0 Å². The van der Waals surface area contributed by atoms with Gasteiger partial charge in [-0.1, -0.05) is 0 Å². The van der Waals surface area contributed by atoms with Crippen molar-refractivity contribution in [2.24, 2.45) is 0 Å². The van der Waals surface area contributed by atoms with Crippen LogP contribution in [0.15, 0.2) is 0 Å². The van der Waals surface area contributed by atoms with E-state index in [9.17, 15) is 0 Å². The van der Waals surface area contributed by atoms with Crippen molar-refractivity contribution >= 4 is 0 Å². The Labute approximate surface area is 115 Å². The van der Waals surface area contributed by atoms with Crippen LogP contribution >= 0.6 is 0 Å². The molecule has 9 heavy (non-hydrogen) atoms. The van der Waals surface area contributed by atoms with Gasteiger partial charge in [-0.2, -0.15) is 0 Å². The maximum absolute atomic E-state index is 0. The molecular weight excluding hydrogens is 452 g/mol.